The number of methoxy groups -OCH3 is 3. The number of nitrogens with one attached hydrogen (secondary N) is 4. The smallest absolute Gasteiger partial charge is 0.330 e. The summed E-state index contributed by atoms with van der Waals surface area (Å²) >= 11 is 14.2. The van der Waals surface area contributed by atoms with E-state index >= 15 is 24.0 Å². The molecule has 0 saturated heterocycles. The van der Waals surface area contributed by atoms with E-state index in [0.29, 0.717) is 29.5 Å². The van der Waals surface area contributed by atoms with Gasteiger partial charge in [-0.2, -0.15) is 0 Å². The molecule has 5 aromatic rings. The molecule has 480 valence electrons. The lowest BCUT2D eigenvalue weighted by Gasteiger charge is -2.42. The monoisotopic (exact) mass is 1290 g/mol. The fourth-order valence-electron chi connectivity index (χ4n) is 11.6. The van der Waals surface area contributed by atoms with Crippen molar-refractivity contribution in [1.82, 2.24) is 21.3 Å². The van der Waals surface area contributed by atoms with Gasteiger partial charge in [0.2, 0.25) is 35.3 Å². The SMILES string of the molecule is CC[C@@H](CC(C)C)C(=O)N[C@H]1C(=O)C[C@@H](CC(N)=O)C(=O)N[C@H]2C(=O)C[C@H]3C(=O)N[C@H](C(=O)N[C@@H](C(=O)O)c4cc(C)cc(OC)c4-c4cc3ccc4OC)[C@H](C)c3cc(Cl)cc(c3)Oc3cc2cc(c3OC)Oc2ccc(cc2Cl)[C@H]1O[Si](C)(C)C(C)(C)C. The number of hydrogen-bond acceptors (Lipinski definition) is 14. The van der Waals surface area contributed by atoms with Crippen molar-refractivity contribution in [2.75, 3.05) is 21.3 Å². The first kappa shape index (κ1) is 67.9. The van der Waals surface area contributed by atoms with Crippen molar-refractivity contribution >= 4 is 78.6 Å². The van der Waals surface area contributed by atoms with Crippen LogP contribution in [0.4, 0.5) is 0 Å². The number of fused-ring (bicyclic) bond motifs is 19. The van der Waals surface area contributed by atoms with E-state index in [1.165, 1.54) is 39.5 Å². The number of primary amides is 1. The average Bonchev–Trinajstić information content (AvgIpc) is 0.895. The highest BCUT2D eigenvalue weighted by Crippen LogP contribution is 2.49. The third-order valence-corrected chi connectivity index (χ3v) is 22.4. The Hall–Kier alpha value is -7.98. The zero-order chi connectivity index (χ0) is 66.0. The van der Waals surface area contributed by atoms with Gasteiger partial charge >= 0.3 is 5.97 Å². The molecule has 20 nitrogen and oxygen atoms in total. The molecule has 5 aromatic carbocycles. The second-order valence-electron chi connectivity index (χ2n) is 25.3. The van der Waals surface area contributed by atoms with Crippen molar-refractivity contribution in [3.05, 3.63) is 122 Å². The highest BCUT2D eigenvalue weighted by molar-refractivity contribution is 6.74. The van der Waals surface area contributed by atoms with Crippen molar-refractivity contribution in [3.8, 4) is 51.4 Å². The third-order valence-electron chi connectivity index (χ3n) is 17.4. The summed E-state index contributed by atoms with van der Waals surface area (Å²) in [7, 11) is 1.21. The molecule has 0 spiro atoms. The van der Waals surface area contributed by atoms with Crippen LogP contribution >= 0.6 is 23.2 Å². The lowest BCUT2D eigenvalue weighted by atomic mass is 9.84. The van der Waals surface area contributed by atoms with E-state index < -0.39 is 134 Å². The molecule has 0 fully saturated rings. The van der Waals surface area contributed by atoms with E-state index in [0.717, 1.165) is 0 Å². The van der Waals surface area contributed by atoms with Crippen LogP contribution in [-0.4, -0.2) is 93.9 Å². The second-order valence-corrected chi connectivity index (χ2v) is 30.9. The molecule has 9 rings (SSSR count). The van der Waals surface area contributed by atoms with Crippen molar-refractivity contribution < 1.29 is 71.6 Å². The first-order chi connectivity index (χ1) is 42.4. The first-order valence-corrected chi connectivity index (χ1v) is 33.5. The second kappa shape index (κ2) is 27.6. The highest BCUT2D eigenvalue weighted by atomic mass is 35.5. The quantitative estimate of drug-likeness (QED) is 0.0598. The number of Topliss-reactive ketones (excluding diaryl/α,β-unsaturated/α-hetero) is 2. The van der Waals surface area contributed by atoms with E-state index in [2.05, 4.69) is 21.3 Å². The van der Waals surface area contributed by atoms with Crippen LogP contribution in [0.3, 0.4) is 0 Å². The number of benzene rings is 5. The minimum Gasteiger partial charge on any atom is -0.496 e. The molecule has 23 heteroatoms. The Morgan fingerprint density at radius 2 is 1.44 bits per heavy atom. The fourth-order valence-corrected chi connectivity index (χ4v) is 13.3. The maximum atomic E-state index is 16.1. The summed E-state index contributed by atoms with van der Waals surface area (Å²) in [6, 6.07) is 13.5. The standard InChI is InChI=1S/C67H79Cl2N5O15Si/c1-14-35(19-32(2)3)62(78)74-59-47(75)26-40(29-54(70)77)63(79)72-57-39-27-52(61(86-11)53(28-39)88-50-18-16-37(25-46(50)69)60(59)89-90(12,13)67(6,7)8)87-42-23-38(22-41(68)30-42)34(5)56-65(81)73-58(66(82)83)45-20-33(4)21-51(85-10)55(45)44-24-36(15-17-49(44)84-9)43(31-48(57)76)64(80)71-56/h15-18,20-25,27-28,30,32,34-35,40,43,56-60H,14,19,26,29,31H2,1-13H3,(H2,70,77)(H,71,80)(H,72,79)(H,73,81)(H,74,78)(H,82,83)/t34-,35+,40+,43-,56+,57-,58-,59+,60-/m1/s1. The normalized spacial score (nSPS) is 21.8. The number of amides is 5. The molecule has 0 radical (unpaired) electrons. The van der Waals surface area contributed by atoms with Crippen molar-refractivity contribution in [1.29, 1.82) is 0 Å². The summed E-state index contributed by atoms with van der Waals surface area (Å²) in [6.45, 7) is 19.2. The van der Waals surface area contributed by atoms with Crippen LogP contribution < -0.4 is 50.7 Å². The van der Waals surface area contributed by atoms with Gasteiger partial charge in [-0.1, -0.05) is 89.9 Å². The molecular weight excluding hydrogens is 1210 g/mol. The Bertz CT molecular complexity index is 3660. The number of carbonyl (C=O) groups excluding carboxylic acids is 7. The number of ether oxygens (including phenoxy) is 5. The third kappa shape index (κ3) is 14.8. The number of nitrogens with two attached hydrogens (primary N) is 1. The Labute approximate surface area is 535 Å². The summed E-state index contributed by atoms with van der Waals surface area (Å²) in [4.78, 5) is 119. The van der Waals surface area contributed by atoms with Crippen LogP contribution in [0, 0.1) is 24.7 Å². The molecular formula is C67H79Cl2N5O15Si. The Morgan fingerprint density at radius 1 is 0.767 bits per heavy atom. The molecule has 5 amide bonds. The molecule has 90 heavy (non-hydrogen) atoms. The Balaban J connectivity index is 1.42. The lowest BCUT2D eigenvalue weighted by molar-refractivity contribution is -0.142. The van der Waals surface area contributed by atoms with Gasteiger partial charge < -0.3 is 60.2 Å². The Morgan fingerprint density at radius 3 is 2.06 bits per heavy atom. The van der Waals surface area contributed by atoms with Gasteiger partial charge in [0.05, 0.1) is 44.3 Å². The van der Waals surface area contributed by atoms with Gasteiger partial charge in [0.25, 0.3) is 0 Å². The average molecular weight is 1290 g/mol. The topological polar surface area (TPSA) is 286 Å². The van der Waals surface area contributed by atoms with Gasteiger partial charge in [0.15, 0.2) is 37.4 Å². The number of hydrogen-bond donors (Lipinski definition) is 6. The predicted molar refractivity (Wildman–Crippen MR) is 341 cm³/mol. The predicted octanol–water partition coefficient (Wildman–Crippen LogP) is 11.4. The summed E-state index contributed by atoms with van der Waals surface area (Å²) in [5.41, 5.74) is 7.90. The molecule has 9 atom stereocenters. The number of carboxylic acids is 1. The van der Waals surface area contributed by atoms with Crippen LogP contribution in [-0.2, 0) is 42.8 Å². The summed E-state index contributed by atoms with van der Waals surface area (Å²) in [5, 5.41) is 22.1. The molecule has 4 heterocycles. The van der Waals surface area contributed by atoms with E-state index in [1.807, 2.05) is 54.6 Å². The fraction of sp³-hybridized carbons (Fsp3) is 0.433. The Kier molecular flexibility index (Phi) is 20.9. The van der Waals surface area contributed by atoms with Gasteiger partial charge in [-0.15, -0.1) is 0 Å². The van der Waals surface area contributed by atoms with Gasteiger partial charge in [-0.25, -0.2) is 4.79 Å². The maximum absolute atomic E-state index is 16.1. The number of halogens is 2. The maximum Gasteiger partial charge on any atom is 0.330 e. The zero-order valence-corrected chi connectivity index (χ0v) is 55.3. The van der Waals surface area contributed by atoms with E-state index in [1.54, 1.807) is 74.5 Å². The van der Waals surface area contributed by atoms with E-state index in [4.69, 9.17) is 57.0 Å². The van der Waals surface area contributed by atoms with Crippen molar-refractivity contribution in [3.63, 3.8) is 0 Å². The van der Waals surface area contributed by atoms with E-state index in [-0.39, 0.29) is 84.0 Å². The zero-order valence-electron chi connectivity index (χ0n) is 52.8. The number of ketones is 2. The first-order valence-electron chi connectivity index (χ1n) is 29.9. The molecule has 11 bridgehead atoms. The lowest BCUT2D eigenvalue weighted by Crippen LogP contribution is -2.53. The van der Waals surface area contributed by atoms with Gasteiger partial charge in [0.1, 0.15) is 41.1 Å². The molecule has 0 aliphatic carbocycles. The summed E-state index contributed by atoms with van der Waals surface area (Å²) in [6.07, 6.45) is -2.46. The molecule has 7 N–H and O–H groups in total. The molecule has 0 saturated carbocycles. The number of carboxylic acid groups (broad SMARTS) is 1. The number of rotatable bonds is 13. The molecule has 0 unspecified atom stereocenters. The van der Waals surface area contributed by atoms with Crippen LogP contribution in [0.15, 0.2) is 78.9 Å². The van der Waals surface area contributed by atoms with Crippen LogP contribution in [0.1, 0.15) is 144 Å². The van der Waals surface area contributed by atoms with Crippen LogP contribution in [0.2, 0.25) is 28.2 Å². The number of aliphatic carboxylic acids is 1. The number of carbonyl (C=O) groups is 8. The largest absolute Gasteiger partial charge is 0.496 e. The molecule has 4 aliphatic rings. The van der Waals surface area contributed by atoms with Gasteiger partial charge in [0, 0.05) is 47.2 Å². The van der Waals surface area contributed by atoms with Crippen molar-refractivity contribution in [2.45, 2.75) is 148 Å². The van der Waals surface area contributed by atoms with E-state index in [9.17, 15) is 19.5 Å². The van der Waals surface area contributed by atoms with Crippen LogP contribution in [0.5, 0.6) is 40.2 Å². The number of aryl methyl sites for hydroxylation is 1. The van der Waals surface area contributed by atoms with Gasteiger partial charge in [-0.3, -0.25) is 33.6 Å². The van der Waals surface area contributed by atoms with Crippen LogP contribution in [0.25, 0.3) is 11.1 Å². The van der Waals surface area contributed by atoms with Gasteiger partial charge in [-0.05, 0) is 138 Å². The molecule has 0 aromatic heterocycles. The minimum atomic E-state index is -2.92. The minimum absolute atomic E-state index is 0.0156. The molecule has 4 aliphatic heterocycles. The highest BCUT2D eigenvalue weighted by Gasteiger charge is 2.46. The summed E-state index contributed by atoms with van der Waals surface area (Å²) < 4.78 is 38.4. The van der Waals surface area contributed by atoms with Crippen molar-refractivity contribution in [2.24, 2.45) is 23.5 Å². The summed E-state index contributed by atoms with van der Waals surface area (Å²) in [5.74, 6) is -11.5.